The molecule has 0 aromatic heterocycles. The Morgan fingerprint density at radius 2 is 2.22 bits per heavy atom. The number of phenolic OH excluding ortho intramolecular Hbond substituents is 1. The van der Waals surface area contributed by atoms with Crippen LogP contribution in [0.15, 0.2) is 35.7 Å². The molecule has 5 nitrogen and oxygen atoms in total. The van der Waals surface area contributed by atoms with Crippen molar-refractivity contribution in [2.24, 2.45) is 0 Å². The Labute approximate surface area is 105 Å². The molecule has 1 atom stereocenters. The highest BCUT2D eigenvalue weighted by Crippen LogP contribution is 2.12. The van der Waals surface area contributed by atoms with Crippen LogP contribution in [0.3, 0.4) is 0 Å². The van der Waals surface area contributed by atoms with Crippen molar-refractivity contribution < 1.29 is 18.3 Å². The molecule has 6 heteroatoms. The Morgan fingerprint density at radius 1 is 1.44 bits per heavy atom. The fourth-order valence-corrected chi connectivity index (χ4v) is 3.01. The Bertz CT molecular complexity index is 592. The van der Waals surface area contributed by atoms with Gasteiger partial charge >= 0.3 is 0 Å². The molecular formula is C12H13NO4S. The summed E-state index contributed by atoms with van der Waals surface area (Å²) in [6, 6.07) is 5.94. The van der Waals surface area contributed by atoms with E-state index in [1.54, 1.807) is 12.1 Å². The predicted molar refractivity (Wildman–Crippen MR) is 66.7 cm³/mol. The largest absolute Gasteiger partial charge is 0.508 e. The number of carbonyl (C=O) groups excluding carboxylic acids is 1. The first-order valence-electron chi connectivity index (χ1n) is 5.43. The molecule has 1 aliphatic heterocycles. The van der Waals surface area contributed by atoms with Crippen molar-refractivity contribution in [1.29, 1.82) is 0 Å². The van der Waals surface area contributed by atoms with E-state index < -0.39 is 15.9 Å². The van der Waals surface area contributed by atoms with Crippen molar-refractivity contribution in [3.8, 4) is 5.75 Å². The number of aromatic hydroxyl groups is 1. The first-order chi connectivity index (χ1) is 8.44. The first-order valence-corrected chi connectivity index (χ1v) is 7.14. The van der Waals surface area contributed by atoms with Crippen LogP contribution in [0.5, 0.6) is 5.75 Å². The average molecular weight is 267 g/mol. The number of rotatable bonds is 3. The fourth-order valence-electron chi connectivity index (χ4n) is 1.78. The Hall–Kier alpha value is -1.82. The lowest BCUT2D eigenvalue weighted by molar-refractivity contribution is -0.120. The van der Waals surface area contributed by atoms with Crippen LogP contribution >= 0.6 is 0 Å². The predicted octanol–water partition coefficient (Wildman–Crippen LogP) is 0.362. The van der Waals surface area contributed by atoms with Crippen LogP contribution in [0.2, 0.25) is 0 Å². The second-order valence-corrected chi connectivity index (χ2v) is 6.11. The van der Waals surface area contributed by atoms with Crippen molar-refractivity contribution in [2.45, 2.75) is 12.5 Å². The molecule has 1 aromatic rings. The van der Waals surface area contributed by atoms with Gasteiger partial charge in [0.1, 0.15) is 5.75 Å². The van der Waals surface area contributed by atoms with Gasteiger partial charge in [-0.05, 0) is 23.8 Å². The normalized spacial score (nSPS) is 20.8. The van der Waals surface area contributed by atoms with Gasteiger partial charge in [-0.15, -0.1) is 0 Å². The van der Waals surface area contributed by atoms with Crippen LogP contribution in [-0.2, 0) is 21.1 Å². The highest BCUT2D eigenvalue weighted by atomic mass is 32.2. The van der Waals surface area contributed by atoms with Crippen LogP contribution < -0.4 is 5.32 Å². The SMILES string of the molecule is O=C(Cc1cccc(O)c1)NC1C=CS(=O)(=O)C1. The van der Waals surface area contributed by atoms with E-state index >= 15 is 0 Å². The summed E-state index contributed by atoms with van der Waals surface area (Å²) in [7, 11) is -3.16. The molecule has 1 unspecified atom stereocenters. The van der Waals surface area contributed by atoms with Gasteiger partial charge in [-0.3, -0.25) is 4.79 Å². The molecule has 1 heterocycles. The Balaban J connectivity index is 1.92. The van der Waals surface area contributed by atoms with Gasteiger partial charge < -0.3 is 10.4 Å². The zero-order valence-corrected chi connectivity index (χ0v) is 10.4. The van der Waals surface area contributed by atoms with Crippen LogP contribution in [0.25, 0.3) is 0 Å². The highest BCUT2D eigenvalue weighted by Gasteiger charge is 2.22. The van der Waals surface area contributed by atoms with E-state index in [1.807, 2.05) is 0 Å². The van der Waals surface area contributed by atoms with E-state index in [0.717, 1.165) is 5.41 Å². The summed E-state index contributed by atoms with van der Waals surface area (Å²) in [6.07, 6.45) is 1.58. The van der Waals surface area contributed by atoms with E-state index in [0.29, 0.717) is 5.56 Å². The molecule has 2 rings (SSSR count). The van der Waals surface area contributed by atoms with Gasteiger partial charge in [0.05, 0.1) is 18.2 Å². The van der Waals surface area contributed by atoms with Crippen molar-refractivity contribution in [1.82, 2.24) is 5.32 Å². The number of sulfone groups is 1. The maximum Gasteiger partial charge on any atom is 0.224 e. The smallest absolute Gasteiger partial charge is 0.224 e. The summed E-state index contributed by atoms with van der Waals surface area (Å²) in [5, 5.41) is 13.0. The fraction of sp³-hybridized carbons (Fsp3) is 0.250. The highest BCUT2D eigenvalue weighted by molar-refractivity contribution is 7.94. The summed E-state index contributed by atoms with van der Waals surface area (Å²) in [5.74, 6) is -0.255. The molecule has 2 N–H and O–H groups in total. The monoisotopic (exact) mass is 267 g/mol. The number of amides is 1. The molecule has 1 aliphatic rings. The third-order valence-electron chi connectivity index (χ3n) is 2.55. The molecule has 0 radical (unpaired) electrons. The third kappa shape index (κ3) is 3.33. The molecule has 96 valence electrons. The van der Waals surface area contributed by atoms with E-state index in [2.05, 4.69) is 5.32 Å². The topological polar surface area (TPSA) is 83.5 Å². The Morgan fingerprint density at radius 3 is 2.83 bits per heavy atom. The standard InChI is InChI=1S/C12H13NO4S/c14-11-3-1-2-9(6-11)7-12(15)13-10-4-5-18(16,17)8-10/h1-6,10,14H,7-8H2,(H,13,15). The maximum absolute atomic E-state index is 11.7. The number of hydrogen-bond acceptors (Lipinski definition) is 4. The molecule has 0 aliphatic carbocycles. The molecular weight excluding hydrogens is 254 g/mol. The van der Waals surface area contributed by atoms with Gasteiger partial charge in [0, 0.05) is 5.41 Å². The molecule has 18 heavy (non-hydrogen) atoms. The summed E-state index contributed by atoms with van der Waals surface area (Å²) >= 11 is 0. The maximum atomic E-state index is 11.7. The lowest BCUT2D eigenvalue weighted by Gasteiger charge is -2.09. The van der Waals surface area contributed by atoms with E-state index in [-0.39, 0.29) is 23.8 Å². The summed E-state index contributed by atoms with van der Waals surface area (Å²) < 4.78 is 22.3. The van der Waals surface area contributed by atoms with Gasteiger partial charge in [0.25, 0.3) is 0 Å². The molecule has 0 bridgehead atoms. The summed E-state index contributed by atoms with van der Waals surface area (Å²) in [5.41, 5.74) is 0.678. The minimum Gasteiger partial charge on any atom is -0.508 e. The molecule has 1 aromatic carbocycles. The molecule has 0 spiro atoms. The zero-order chi connectivity index (χ0) is 13.2. The van der Waals surface area contributed by atoms with E-state index in [4.69, 9.17) is 0 Å². The number of carbonyl (C=O) groups is 1. The van der Waals surface area contributed by atoms with Crippen LogP contribution in [0.1, 0.15) is 5.56 Å². The third-order valence-corrected chi connectivity index (χ3v) is 3.95. The molecule has 0 saturated carbocycles. The summed E-state index contributed by atoms with van der Waals surface area (Å²) in [4.78, 5) is 11.7. The number of hydrogen-bond donors (Lipinski definition) is 2. The van der Waals surface area contributed by atoms with Crippen molar-refractivity contribution >= 4 is 15.7 Å². The minimum absolute atomic E-state index is 0.0845. The molecule has 0 fully saturated rings. The average Bonchev–Trinajstić information content (AvgIpc) is 2.57. The molecule has 1 amide bonds. The van der Waals surface area contributed by atoms with Crippen molar-refractivity contribution in [3.63, 3.8) is 0 Å². The molecule has 0 saturated heterocycles. The first kappa shape index (κ1) is 12.6. The van der Waals surface area contributed by atoms with Crippen LogP contribution in [0.4, 0.5) is 0 Å². The number of benzene rings is 1. The second kappa shape index (κ2) is 4.81. The zero-order valence-electron chi connectivity index (χ0n) is 9.54. The van der Waals surface area contributed by atoms with Gasteiger partial charge in [0.15, 0.2) is 9.84 Å². The van der Waals surface area contributed by atoms with Crippen molar-refractivity contribution in [2.75, 3.05) is 5.75 Å². The minimum atomic E-state index is -3.16. The lowest BCUT2D eigenvalue weighted by Crippen LogP contribution is -2.36. The number of phenols is 1. The Kier molecular flexibility index (Phi) is 3.38. The van der Waals surface area contributed by atoms with E-state index in [1.165, 1.54) is 18.2 Å². The van der Waals surface area contributed by atoms with Crippen LogP contribution in [0, 0.1) is 0 Å². The van der Waals surface area contributed by atoms with E-state index in [9.17, 15) is 18.3 Å². The van der Waals surface area contributed by atoms with Gasteiger partial charge in [0.2, 0.25) is 5.91 Å². The lowest BCUT2D eigenvalue weighted by atomic mass is 10.1. The van der Waals surface area contributed by atoms with Gasteiger partial charge in [-0.2, -0.15) is 0 Å². The summed E-state index contributed by atoms with van der Waals surface area (Å²) in [6.45, 7) is 0. The van der Waals surface area contributed by atoms with Crippen LogP contribution in [-0.4, -0.2) is 31.2 Å². The quantitative estimate of drug-likeness (QED) is 0.828. The van der Waals surface area contributed by atoms with Gasteiger partial charge in [-0.1, -0.05) is 12.1 Å². The van der Waals surface area contributed by atoms with Gasteiger partial charge in [-0.25, -0.2) is 8.42 Å². The second-order valence-electron chi connectivity index (χ2n) is 4.18. The number of nitrogens with one attached hydrogen (secondary N) is 1. The van der Waals surface area contributed by atoms with Crippen molar-refractivity contribution in [3.05, 3.63) is 41.3 Å².